The zero-order chi connectivity index (χ0) is 98.8. The summed E-state index contributed by atoms with van der Waals surface area (Å²) in [5.74, 6) is 2.68. The first kappa shape index (κ1) is 108. The molecule has 718 valence electrons. The topological polar surface area (TPSA) is 358 Å². The monoisotopic (exact) mass is 1940 g/mol. The normalized spacial score (nSPS) is 11.0. The molecule has 1 aromatic heterocycles. The van der Waals surface area contributed by atoms with Crippen LogP contribution in [-0.2, 0) is 87.1 Å². The lowest BCUT2D eigenvalue weighted by Gasteiger charge is -2.11. The molecule has 7 amide bonds. The van der Waals surface area contributed by atoms with Crippen molar-refractivity contribution in [1.82, 2.24) is 31.9 Å². The molecule has 1 saturated heterocycles. The van der Waals surface area contributed by atoms with Crippen molar-refractivity contribution in [2.45, 2.75) is 58.3 Å². The Morgan fingerprint density at radius 1 is 0.374 bits per heavy atom. The van der Waals surface area contributed by atoms with Gasteiger partial charge in [0, 0.05) is 79.3 Å². The van der Waals surface area contributed by atoms with Crippen molar-refractivity contribution < 1.29 is 80.8 Å². The Morgan fingerprint density at radius 3 is 1.14 bits per heavy atom. The molecule has 0 saturated carbocycles. The average molecular weight is 1940 g/mol. The SMILES string of the molecule is COCC(=O)Nc1cccc([N+](=O)[O-])c1.N#Cc1ccc(-c2ccccc2)cc1.O=C(COCc1ccccc1)NCc1ccccc1.O=C(COc1ccc(Cl)cc1)NCc1ccccc1.O=C(COc1cccc(Cl)c1)NCc1ccccc1.O=C(COc1cccc(Cl)c1)NCc1ccco1.O=C(COc1ccccc1)NC[C@@H]1CCCO1.O=C(COc1ccccc1)NCc1ccccc1. The number of benzene rings is 13. The molecule has 1 fully saturated rings. The van der Waals surface area contributed by atoms with E-state index in [2.05, 4.69) is 60.2 Å². The molecule has 14 aromatic rings. The number of hydrogen-bond donors (Lipinski definition) is 7. The van der Waals surface area contributed by atoms with Crippen LogP contribution in [0.3, 0.4) is 0 Å². The molecule has 30 heteroatoms. The number of halogens is 3. The maximum atomic E-state index is 11.6. The fraction of sp³-hybridized carbons (Fsp3) is 0.174. The Morgan fingerprint density at radius 2 is 0.748 bits per heavy atom. The molecule has 1 aliphatic heterocycles. The highest BCUT2D eigenvalue weighted by atomic mass is 35.5. The van der Waals surface area contributed by atoms with Gasteiger partial charge < -0.3 is 79.5 Å². The van der Waals surface area contributed by atoms with E-state index >= 15 is 0 Å². The fourth-order valence-corrected chi connectivity index (χ4v) is 12.3. The number of para-hydroxylation sites is 2. The number of non-ortho nitro benzene ring substituents is 1. The molecular formula is C109H108Cl3N9O18. The molecule has 7 N–H and O–H groups in total. The number of nitriles is 1. The summed E-state index contributed by atoms with van der Waals surface area (Å²) in [6.07, 6.45) is 3.85. The van der Waals surface area contributed by atoms with Crippen molar-refractivity contribution in [2.75, 3.05) is 71.8 Å². The molecule has 27 nitrogen and oxygen atoms in total. The first-order chi connectivity index (χ1) is 67.8. The number of rotatable bonds is 36. The number of nitrogens with zero attached hydrogens (tertiary/aromatic N) is 2. The number of hydrogen-bond acceptors (Lipinski definition) is 19. The Balaban J connectivity index is 0.000000195. The van der Waals surface area contributed by atoms with Crippen molar-refractivity contribution in [1.29, 1.82) is 5.26 Å². The van der Waals surface area contributed by atoms with Crippen molar-refractivity contribution >= 4 is 87.5 Å². The van der Waals surface area contributed by atoms with Crippen molar-refractivity contribution in [3.63, 3.8) is 0 Å². The smallest absolute Gasteiger partial charge is 0.271 e. The van der Waals surface area contributed by atoms with E-state index in [1.165, 1.54) is 30.9 Å². The summed E-state index contributed by atoms with van der Waals surface area (Å²) in [4.78, 5) is 90.3. The highest BCUT2D eigenvalue weighted by Gasteiger charge is 2.17. The van der Waals surface area contributed by atoms with E-state index in [1.807, 2.05) is 255 Å². The van der Waals surface area contributed by atoms with E-state index in [0.29, 0.717) is 107 Å². The maximum Gasteiger partial charge on any atom is 0.271 e. The number of carbonyl (C=O) groups is 7. The summed E-state index contributed by atoms with van der Waals surface area (Å²) in [5, 5.41) is 40.0. The third kappa shape index (κ3) is 48.7. The van der Waals surface area contributed by atoms with Gasteiger partial charge >= 0.3 is 0 Å². The highest BCUT2D eigenvalue weighted by Crippen LogP contribution is 2.23. The van der Waals surface area contributed by atoms with Gasteiger partial charge in [-0.2, -0.15) is 5.26 Å². The number of furan rings is 1. The maximum absolute atomic E-state index is 11.6. The van der Waals surface area contributed by atoms with Gasteiger partial charge in [0.15, 0.2) is 33.0 Å². The Kier molecular flexibility index (Phi) is 51.2. The van der Waals surface area contributed by atoms with Crippen LogP contribution in [0.2, 0.25) is 15.1 Å². The van der Waals surface area contributed by atoms with E-state index in [-0.39, 0.29) is 99.4 Å². The molecule has 0 aliphatic carbocycles. The number of carbonyl (C=O) groups excluding carboxylic acids is 7. The second-order valence-electron chi connectivity index (χ2n) is 29.6. The molecule has 2 heterocycles. The Labute approximate surface area is 823 Å². The van der Waals surface area contributed by atoms with Crippen LogP contribution in [0.4, 0.5) is 11.4 Å². The Bertz CT molecular complexity index is 5870. The van der Waals surface area contributed by atoms with Gasteiger partial charge in [-0.1, -0.05) is 284 Å². The lowest BCUT2D eigenvalue weighted by atomic mass is 10.0. The summed E-state index contributed by atoms with van der Waals surface area (Å²) < 4.78 is 47.1. The summed E-state index contributed by atoms with van der Waals surface area (Å²) in [6, 6.07) is 117. The lowest BCUT2D eigenvalue weighted by molar-refractivity contribution is -0.384. The minimum atomic E-state index is -0.522. The fourth-order valence-electron chi connectivity index (χ4n) is 11.8. The van der Waals surface area contributed by atoms with Gasteiger partial charge in [-0.25, -0.2) is 0 Å². The van der Waals surface area contributed by atoms with Crippen LogP contribution in [0.25, 0.3) is 11.1 Å². The first-order valence-corrected chi connectivity index (χ1v) is 45.0. The zero-order valence-corrected chi connectivity index (χ0v) is 78.6. The molecule has 1 aliphatic rings. The number of methoxy groups -OCH3 is 1. The van der Waals surface area contributed by atoms with E-state index in [0.717, 1.165) is 52.8 Å². The van der Waals surface area contributed by atoms with Crippen molar-refractivity contribution in [3.8, 4) is 45.9 Å². The molecule has 0 spiro atoms. The second kappa shape index (κ2) is 65.7. The predicted molar refractivity (Wildman–Crippen MR) is 537 cm³/mol. The number of amides is 7. The van der Waals surface area contributed by atoms with Crippen LogP contribution < -0.4 is 60.9 Å². The molecular weight excluding hydrogens is 1830 g/mol. The summed E-state index contributed by atoms with van der Waals surface area (Å²) >= 11 is 17.4. The van der Waals surface area contributed by atoms with Crippen molar-refractivity contribution in [3.05, 3.63) is 447 Å². The van der Waals surface area contributed by atoms with E-state index in [1.54, 1.807) is 97.3 Å². The van der Waals surface area contributed by atoms with Gasteiger partial charge in [-0.05, 0) is 167 Å². The van der Waals surface area contributed by atoms with Crippen molar-refractivity contribution in [2.24, 2.45) is 0 Å². The second-order valence-corrected chi connectivity index (χ2v) is 30.9. The van der Waals surface area contributed by atoms with Crippen LogP contribution >= 0.6 is 34.8 Å². The standard InChI is InChI=1S/C16H17NO2.2C15H14ClNO2.C15H15NO2.C13H12ClNO3.C13H17NO3.C13H9N.C9H10N2O4/c18-16(17-11-14-7-3-1-4-8-14)13-19-12-15-9-5-2-6-10-15;16-13-7-4-8-14(9-13)19-11-15(18)17-10-12-5-2-1-3-6-12;16-13-6-8-14(9-7-13)19-11-15(18)17-10-12-4-2-1-3-5-12;17-15(12-18-14-9-5-2-6-10-14)16-11-13-7-3-1-4-8-13;14-10-3-1-4-11(7-10)18-9-13(16)15-8-12-5-2-6-17-12;15-13(14-9-12-7-4-8-16-12)10-17-11-5-2-1-3-6-11;14-10-11-6-8-13(9-7-11)12-4-2-1-3-5-12;1-15-6-9(12)10-7-3-2-4-8(5-7)11(13)14/h1-10H,11-13H2,(H,17,18);2*1-9H,10-11H2,(H,17,18);1-10H,11-12H2,(H,16,17);1-7H,8-9H2,(H,15,16);1-3,5-6,12H,4,7-10H2,(H,14,15);1-9H;2-5H,6H2,1H3,(H,10,12)/t;;;;;12-;;/m.....0../s1. The van der Waals surface area contributed by atoms with E-state index in [9.17, 15) is 43.7 Å². The molecule has 1 atom stereocenters. The number of nitro benzene ring substituents is 1. The highest BCUT2D eigenvalue weighted by molar-refractivity contribution is 6.31. The molecule has 0 unspecified atom stereocenters. The summed E-state index contributed by atoms with van der Waals surface area (Å²) in [6.45, 7) is 4.28. The molecule has 0 radical (unpaired) electrons. The minimum absolute atomic E-state index is 0.00549. The van der Waals surface area contributed by atoms with E-state index in [4.69, 9.17) is 77.6 Å². The average Bonchev–Trinajstić information content (AvgIpc) is 1.56. The number of ether oxygens (including phenoxy) is 8. The zero-order valence-electron chi connectivity index (χ0n) is 76.3. The van der Waals surface area contributed by atoms with Crippen LogP contribution in [-0.4, -0.2) is 119 Å². The minimum Gasteiger partial charge on any atom is -0.484 e. The number of anilines is 1. The van der Waals surface area contributed by atoms with E-state index < -0.39 is 4.92 Å². The van der Waals surface area contributed by atoms with Crippen LogP contribution in [0.1, 0.15) is 52.0 Å². The van der Waals surface area contributed by atoms with Gasteiger partial charge in [-0.15, -0.1) is 0 Å². The van der Waals surface area contributed by atoms with Gasteiger partial charge in [0.2, 0.25) is 11.8 Å². The third-order valence-corrected chi connectivity index (χ3v) is 19.5. The lowest BCUT2D eigenvalue weighted by Crippen LogP contribution is -2.35. The van der Waals surface area contributed by atoms with Gasteiger partial charge in [0.05, 0.1) is 42.1 Å². The number of nitro groups is 1. The molecule has 15 rings (SSSR count). The quantitative estimate of drug-likeness (QED) is 0.0142. The van der Waals surface area contributed by atoms with Crippen LogP contribution in [0.5, 0.6) is 28.7 Å². The molecule has 0 bridgehead atoms. The van der Waals surface area contributed by atoms with Crippen LogP contribution in [0.15, 0.2) is 387 Å². The predicted octanol–water partition coefficient (Wildman–Crippen LogP) is 19.4. The largest absolute Gasteiger partial charge is 0.484 e. The van der Waals surface area contributed by atoms with Gasteiger partial charge in [0.1, 0.15) is 47.7 Å². The number of nitrogens with one attached hydrogen (secondary N) is 7. The summed E-state index contributed by atoms with van der Waals surface area (Å²) in [7, 11) is 1.40. The molecule has 139 heavy (non-hydrogen) atoms. The Hall–Kier alpha value is -15.9. The van der Waals surface area contributed by atoms with Gasteiger partial charge in [0.25, 0.3) is 35.2 Å². The molecule has 13 aromatic carbocycles. The van der Waals surface area contributed by atoms with Gasteiger partial charge in [-0.3, -0.25) is 43.7 Å². The third-order valence-electron chi connectivity index (χ3n) is 18.7. The first-order valence-electron chi connectivity index (χ1n) is 43.9. The van der Waals surface area contributed by atoms with Crippen LogP contribution in [0, 0.1) is 21.4 Å². The summed E-state index contributed by atoms with van der Waals surface area (Å²) in [5.41, 5.74) is 8.67.